The third-order valence-electron chi connectivity index (χ3n) is 5.92. The van der Waals surface area contributed by atoms with E-state index in [4.69, 9.17) is 17.0 Å². The van der Waals surface area contributed by atoms with Crippen molar-refractivity contribution in [2.24, 2.45) is 0 Å². The molecule has 0 saturated heterocycles. The summed E-state index contributed by atoms with van der Waals surface area (Å²) in [6.07, 6.45) is 5.88. The summed E-state index contributed by atoms with van der Waals surface area (Å²) in [4.78, 5) is 0. The Kier molecular flexibility index (Phi) is 7.03. The molecule has 4 rings (SSSR count). The van der Waals surface area contributed by atoms with Crippen LogP contribution in [0.4, 0.5) is 0 Å². The van der Waals surface area contributed by atoms with E-state index in [-0.39, 0.29) is 3.63 Å². The third-order valence-corrected chi connectivity index (χ3v) is 11.3. The van der Waals surface area contributed by atoms with Gasteiger partial charge in [-0.3, -0.25) is 0 Å². The fraction of sp³-hybridized carbons (Fsp3) is 0.259. The molecule has 3 aromatic carbocycles. The van der Waals surface area contributed by atoms with Gasteiger partial charge in [-0.2, -0.15) is 0 Å². The molecule has 1 atom stereocenters. The predicted octanol–water partition coefficient (Wildman–Crippen LogP) is 9.19. The second kappa shape index (κ2) is 9.56. The average Bonchev–Trinajstić information content (AvgIpc) is 3.10. The maximum atomic E-state index is 6.71. The van der Waals surface area contributed by atoms with E-state index in [0.29, 0.717) is 0 Å². The molecule has 0 aliphatic heterocycles. The Bertz CT molecular complexity index is 1060. The van der Waals surface area contributed by atoms with Gasteiger partial charge in [0.1, 0.15) is 0 Å². The summed E-state index contributed by atoms with van der Waals surface area (Å²) >= 11 is -2.52. The van der Waals surface area contributed by atoms with E-state index in [1.54, 1.807) is 0 Å². The topological polar surface area (TPSA) is 0 Å². The SMILES string of the molecule is CCCCC1=Cc2c(ccc(-c3ccccc3)c2-c2cc(C)cc(C)c2)[CH]1[Zr]([Cl])[Cl]. The Balaban J connectivity index is 1.99. The Morgan fingerprint density at radius 1 is 0.867 bits per heavy atom. The van der Waals surface area contributed by atoms with E-state index in [0.717, 1.165) is 6.42 Å². The zero-order valence-corrected chi connectivity index (χ0v) is 21.8. The Morgan fingerprint density at radius 2 is 1.57 bits per heavy atom. The molecular weight excluding hydrogens is 486 g/mol. The second-order valence-electron chi connectivity index (χ2n) is 8.28. The normalized spacial score (nSPS) is 15.1. The average molecular weight is 514 g/mol. The predicted molar refractivity (Wildman–Crippen MR) is 129 cm³/mol. The molecule has 0 radical (unpaired) electrons. The van der Waals surface area contributed by atoms with Crippen LogP contribution in [0.2, 0.25) is 0 Å². The summed E-state index contributed by atoms with van der Waals surface area (Å²) < 4.78 is 0.270. The molecule has 153 valence electrons. The number of rotatable bonds is 6. The molecular formula is C27H27Cl2Zr. The van der Waals surface area contributed by atoms with Crippen LogP contribution in [0.5, 0.6) is 0 Å². The van der Waals surface area contributed by atoms with E-state index in [1.807, 2.05) is 0 Å². The van der Waals surface area contributed by atoms with E-state index in [2.05, 4.69) is 87.5 Å². The van der Waals surface area contributed by atoms with Gasteiger partial charge < -0.3 is 0 Å². The van der Waals surface area contributed by atoms with Gasteiger partial charge in [-0.1, -0.05) is 0 Å². The molecule has 0 bridgehead atoms. The minimum atomic E-state index is -2.52. The molecule has 0 N–H and O–H groups in total. The first-order chi connectivity index (χ1) is 14.5. The summed E-state index contributed by atoms with van der Waals surface area (Å²) in [5.74, 6) is 0. The van der Waals surface area contributed by atoms with Gasteiger partial charge in [-0.05, 0) is 0 Å². The number of hydrogen-bond donors (Lipinski definition) is 0. The summed E-state index contributed by atoms with van der Waals surface area (Å²) in [7, 11) is 13.4. The van der Waals surface area contributed by atoms with E-state index in [9.17, 15) is 0 Å². The first-order valence-corrected chi connectivity index (χ1v) is 18.4. The summed E-state index contributed by atoms with van der Waals surface area (Å²) in [5.41, 5.74) is 11.8. The maximum absolute atomic E-state index is 6.71. The fourth-order valence-corrected chi connectivity index (χ4v) is 10.1. The molecule has 1 aliphatic rings. The molecule has 3 heteroatoms. The molecule has 0 nitrogen and oxygen atoms in total. The van der Waals surface area contributed by atoms with Gasteiger partial charge in [0.05, 0.1) is 0 Å². The van der Waals surface area contributed by atoms with Crippen molar-refractivity contribution in [3.05, 3.63) is 88.5 Å². The Labute approximate surface area is 195 Å². The molecule has 1 unspecified atom stereocenters. The third kappa shape index (κ3) is 4.41. The van der Waals surface area contributed by atoms with Crippen LogP contribution in [0, 0.1) is 13.8 Å². The van der Waals surface area contributed by atoms with Gasteiger partial charge in [-0.15, -0.1) is 0 Å². The number of halogens is 2. The zero-order valence-electron chi connectivity index (χ0n) is 17.8. The van der Waals surface area contributed by atoms with Crippen LogP contribution in [0.25, 0.3) is 28.3 Å². The summed E-state index contributed by atoms with van der Waals surface area (Å²) in [6, 6.07) is 22.1. The van der Waals surface area contributed by atoms with Gasteiger partial charge in [0.25, 0.3) is 0 Å². The number of hydrogen-bond acceptors (Lipinski definition) is 0. The van der Waals surface area contributed by atoms with Crippen molar-refractivity contribution in [1.29, 1.82) is 0 Å². The van der Waals surface area contributed by atoms with Gasteiger partial charge in [0.2, 0.25) is 0 Å². The van der Waals surface area contributed by atoms with Gasteiger partial charge >= 0.3 is 197 Å². The first kappa shape index (κ1) is 22.1. The molecule has 0 spiro atoms. The molecule has 0 fully saturated rings. The van der Waals surface area contributed by atoms with Crippen LogP contribution < -0.4 is 0 Å². The van der Waals surface area contributed by atoms with Crippen molar-refractivity contribution in [3.8, 4) is 22.3 Å². The van der Waals surface area contributed by atoms with Gasteiger partial charge in [0.15, 0.2) is 0 Å². The molecule has 0 heterocycles. The van der Waals surface area contributed by atoms with Gasteiger partial charge in [-0.25, -0.2) is 0 Å². The zero-order chi connectivity index (χ0) is 21.3. The number of aryl methyl sites for hydroxylation is 2. The molecule has 1 aliphatic carbocycles. The van der Waals surface area contributed by atoms with E-state index in [1.165, 1.54) is 62.9 Å². The number of benzene rings is 3. The van der Waals surface area contributed by atoms with Crippen molar-refractivity contribution < 1.29 is 19.4 Å². The van der Waals surface area contributed by atoms with Crippen LogP contribution >= 0.6 is 17.0 Å². The van der Waals surface area contributed by atoms with Gasteiger partial charge in [0, 0.05) is 0 Å². The number of fused-ring (bicyclic) bond motifs is 1. The van der Waals surface area contributed by atoms with E-state index < -0.39 is 19.4 Å². The Morgan fingerprint density at radius 3 is 2.20 bits per heavy atom. The number of unbranched alkanes of at least 4 members (excludes halogenated alkanes) is 1. The Hall–Kier alpha value is -1.14. The molecule has 3 aromatic rings. The summed E-state index contributed by atoms with van der Waals surface area (Å²) in [6.45, 7) is 6.60. The van der Waals surface area contributed by atoms with Crippen LogP contribution in [-0.4, -0.2) is 0 Å². The molecule has 0 saturated carbocycles. The number of allylic oxidation sites excluding steroid dienone is 1. The van der Waals surface area contributed by atoms with Crippen molar-refractivity contribution in [2.45, 2.75) is 43.7 Å². The molecule has 30 heavy (non-hydrogen) atoms. The van der Waals surface area contributed by atoms with Crippen molar-refractivity contribution in [3.63, 3.8) is 0 Å². The van der Waals surface area contributed by atoms with Crippen LogP contribution in [0.1, 0.15) is 52.1 Å². The fourth-order valence-electron chi connectivity index (χ4n) is 4.65. The van der Waals surface area contributed by atoms with Crippen LogP contribution in [-0.2, 0) is 19.4 Å². The standard InChI is InChI=1S/C27H27.2ClH.Zr/c1-4-5-9-21-17-23-12-13-25(22-10-7-6-8-11-22)27(26(23)18-21)24-15-19(2)14-20(3)16-24;;;/h6-8,10-18H,4-5,9H2,1-3H3;2*1H;/q;;;+2/p-2. The minimum absolute atomic E-state index is 0.270. The second-order valence-corrected chi connectivity index (χ2v) is 17.1. The first-order valence-electron chi connectivity index (χ1n) is 10.7. The monoisotopic (exact) mass is 511 g/mol. The molecule has 0 amide bonds. The molecule has 0 aromatic heterocycles. The van der Waals surface area contributed by atoms with E-state index >= 15 is 0 Å². The summed E-state index contributed by atoms with van der Waals surface area (Å²) in [5, 5.41) is 0. The van der Waals surface area contributed by atoms with Crippen molar-refractivity contribution >= 4 is 23.1 Å². The van der Waals surface area contributed by atoms with Crippen LogP contribution in [0.15, 0.2) is 66.2 Å². The quantitative estimate of drug-likeness (QED) is 0.308. The van der Waals surface area contributed by atoms with Crippen molar-refractivity contribution in [1.82, 2.24) is 0 Å². The van der Waals surface area contributed by atoms with Crippen LogP contribution in [0.3, 0.4) is 0 Å². The van der Waals surface area contributed by atoms with Crippen molar-refractivity contribution in [2.75, 3.05) is 0 Å².